The molecule has 126 valence electrons. The van der Waals surface area contributed by atoms with Crippen LogP contribution in [0.5, 0.6) is 0 Å². The van der Waals surface area contributed by atoms with Gasteiger partial charge >= 0.3 is 0 Å². The molecular formula is C19H28N2O2. The molecule has 1 aliphatic heterocycles. The van der Waals surface area contributed by atoms with E-state index in [4.69, 9.17) is 0 Å². The van der Waals surface area contributed by atoms with Crippen LogP contribution in [0.2, 0.25) is 0 Å². The predicted octanol–water partition coefficient (Wildman–Crippen LogP) is 4.14. The summed E-state index contributed by atoms with van der Waals surface area (Å²) < 4.78 is 0. The number of benzene rings is 1. The van der Waals surface area contributed by atoms with Gasteiger partial charge in [0.05, 0.1) is 0 Å². The summed E-state index contributed by atoms with van der Waals surface area (Å²) >= 11 is 0. The van der Waals surface area contributed by atoms with Crippen LogP contribution in [0.25, 0.3) is 0 Å². The molecule has 1 N–H and O–H groups in total. The Labute approximate surface area is 139 Å². The molecule has 0 saturated carbocycles. The topological polar surface area (TPSA) is 49.4 Å². The summed E-state index contributed by atoms with van der Waals surface area (Å²) in [7, 11) is 0. The second kappa shape index (κ2) is 8.14. The highest BCUT2D eigenvalue weighted by atomic mass is 16.2. The van der Waals surface area contributed by atoms with Gasteiger partial charge in [-0.15, -0.1) is 0 Å². The standard InChI is InChI=1S/C19H28N2O2/c1-4-7-14(8-5-2)19(23)20-16-10-11-17-15(13-16)9-12-18(22)21(17)6-3/h10-11,13-14H,4-9,12H2,1-3H3,(H,20,23). The van der Waals surface area contributed by atoms with E-state index in [9.17, 15) is 9.59 Å². The molecule has 1 aliphatic rings. The Bertz CT molecular complexity index is 562. The molecule has 4 nitrogen and oxygen atoms in total. The van der Waals surface area contributed by atoms with E-state index in [2.05, 4.69) is 19.2 Å². The van der Waals surface area contributed by atoms with Crippen molar-refractivity contribution in [1.29, 1.82) is 0 Å². The molecule has 23 heavy (non-hydrogen) atoms. The fourth-order valence-electron chi connectivity index (χ4n) is 3.33. The van der Waals surface area contributed by atoms with Crippen LogP contribution in [0.4, 0.5) is 11.4 Å². The molecule has 2 rings (SSSR count). The van der Waals surface area contributed by atoms with E-state index >= 15 is 0 Å². The smallest absolute Gasteiger partial charge is 0.227 e. The first-order valence-electron chi connectivity index (χ1n) is 8.84. The number of aryl methyl sites for hydroxylation is 1. The SMILES string of the molecule is CCCC(CCC)C(=O)Nc1ccc2c(c1)CCC(=O)N2CC. The summed E-state index contributed by atoms with van der Waals surface area (Å²) in [5, 5.41) is 3.06. The maximum atomic E-state index is 12.5. The van der Waals surface area contributed by atoms with E-state index in [0.717, 1.165) is 49.0 Å². The number of anilines is 2. The van der Waals surface area contributed by atoms with Crippen molar-refractivity contribution in [2.45, 2.75) is 59.3 Å². The molecule has 0 saturated heterocycles. The number of carbonyl (C=O) groups is 2. The van der Waals surface area contributed by atoms with Gasteiger partial charge in [0, 0.05) is 30.3 Å². The van der Waals surface area contributed by atoms with E-state index in [1.807, 2.05) is 30.0 Å². The van der Waals surface area contributed by atoms with Gasteiger partial charge < -0.3 is 10.2 Å². The molecule has 1 aromatic carbocycles. The monoisotopic (exact) mass is 316 g/mol. The lowest BCUT2D eigenvalue weighted by atomic mass is 9.96. The van der Waals surface area contributed by atoms with Crippen molar-refractivity contribution < 1.29 is 9.59 Å². The Kier molecular flexibility index (Phi) is 6.20. The second-order valence-electron chi connectivity index (χ2n) is 6.25. The number of nitrogens with one attached hydrogen (secondary N) is 1. The number of fused-ring (bicyclic) bond motifs is 1. The zero-order valence-corrected chi connectivity index (χ0v) is 14.5. The first-order chi connectivity index (χ1) is 11.1. The molecule has 0 atom stereocenters. The lowest BCUT2D eigenvalue weighted by molar-refractivity contribution is -0.120. The summed E-state index contributed by atoms with van der Waals surface area (Å²) in [5.74, 6) is 0.394. The van der Waals surface area contributed by atoms with Gasteiger partial charge in [-0.2, -0.15) is 0 Å². The van der Waals surface area contributed by atoms with E-state index in [1.54, 1.807) is 0 Å². The number of amides is 2. The molecular weight excluding hydrogens is 288 g/mol. The van der Waals surface area contributed by atoms with Crippen LogP contribution in [0, 0.1) is 5.92 Å². The summed E-state index contributed by atoms with van der Waals surface area (Å²) in [5.41, 5.74) is 2.98. The maximum Gasteiger partial charge on any atom is 0.227 e. The average molecular weight is 316 g/mol. The van der Waals surface area contributed by atoms with E-state index in [1.165, 1.54) is 0 Å². The zero-order valence-electron chi connectivity index (χ0n) is 14.5. The molecule has 0 unspecified atom stereocenters. The fraction of sp³-hybridized carbons (Fsp3) is 0.579. The molecule has 1 heterocycles. The van der Waals surface area contributed by atoms with Gasteiger partial charge in [0.25, 0.3) is 0 Å². The summed E-state index contributed by atoms with van der Waals surface area (Å²) in [6.45, 7) is 6.91. The Balaban J connectivity index is 2.13. The van der Waals surface area contributed by atoms with Crippen molar-refractivity contribution in [3.63, 3.8) is 0 Å². The van der Waals surface area contributed by atoms with Gasteiger partial charge in [-0.1, -0.05) is 26.7 Å². The number of nitrogens with zero attached hydrogens (tertiary/aromatic N) is 1. The highest BCUT2D eigenvalue weighted by Crippen LogP contribution is 2.30. The molecule has 0 fully saturated rings. The van der Waals surface area contributed by atoms with Gasteiger partial charge in [0.1, 0.15) is 0 Å². The minimum atomic E-state index is 0.0924. The molecule has 0 radical (unpaired) electrons. The van der Waals surface area contributed by atoms with Gasteiger partial charge in [0.2, 0.25) is 11.8 Å². The largest absolute Gasteiger partial charge is 0.326 e. The summed E-state index contributed by atoms with van der Waals surface area (Å²) in [4.78, 5) is 26.2. The fourth-order valence-corrected chi connectivity index (χ4v) is 3.33. The van der Waals surface area contributed by atoms with Crippen molar-refractivity contribution in [3.05, 3.63) is 23.8 Å². The summed E-state index contributed by atoms with van der Waals surface area (Å²) in [6, 6.07) is 5.89. The Hall–Kier alpha value is -1.84. The van der Waals surface area contributed by atoms with Gasteiger partial charge in [-0.25, -0.2) is 0 Å². The number of hydrogen-bond acceptors (Lipinski definition) is 2. The van der Waals surface area contributed by atoms with Crippen molar-refractivity contribution in [3.8, 4) is 0 Å². The van der Waals surface area contributed by atoms with Crippen LogP contribution in [0.15, 0.2) is 18.2 Å². The van der Waals surface area contributed by atoms with Crippen molar-refractivity contribution in [2.24, 2.45) is 5.92 Å². The lowest BCUT2D eigenvalue weighted by Gasteiger charge is -2.28. The number of carbonyl (C=O) groups excluding carboxylic acids is 2. The third-order valence-electron chi connectivity index (χ3n) is 4.51. The van der Waals surface area contributed by atoms with Crippen LogP contribution in [0.3, 0.4) is 0 Å². The zero-order chi connectivity index (χ0) is 16.8. The third-order valence-corrected chi connectivity index (χ3v) is 4.51. The van der Waals surface area contributed by atoms with Crippen LogP contribution in [0.1, 0.15) is 58.4 Å². The van der Waals surface area contributed by atoms with Crippen molar-refractivity contribution >= 4 is 23.2 Å². The molecule has 0 aromatic heterocycles. The molecule has 0 spiro atoms. The predicted molar refractivity (Wildman–Crippen MR) is 94.7 cm³/mol. The second-order valence-corrected chi connectivity index (χ2v) is 6.25. The average Bonchev–Trinajstić information content (AvgIpc) is 2.54. The first-order valence-corrected chi connectivity index (χ1v) is 8.84. The van der Waals surface area contributed by atoms with Gasteiger partial charge in [-0.05, 0) is 49.9 Å². The quantitative estimate of drug-likeness (QED) is 0.822. The van der Waals surface area contributed by atoms with Gasteiger partial charge in [0.15, 0.2) is 0 Å². The van der Waals surface area contributed by atoms with E-state index in [0.29, 0.717) is 13.0 Å². The van der Waals surface area contributed by atoms with Crippen LogP contribution in [-0.2, 0) is 16.0 Å². The molecule has 0 aliphatic carbocycles. The van der Waals surface area contributed by atoms with Gasteiger partial charge in [-0.3, -0.25) is 9.59 Å². The van der Waals surface area contributed by atoms with Crippen LogP contribution < -0.4 is 10.2 Å². The van der Waals surface area contributed by atoms with Crippen LogP contribution in [-0.4, -0.2) is 18.4 Å². The molecule has 2 amide bonds. The number of hydrogen-bond donors (Lipinski definition) is 1. The third kappa shape index (κ3) is 4.12. The summed E-state index contributed by atoms with van der Waals surface area (Å²) in [6.07, 6.45) is 5.21. The highest BCUT2D eigenvalue weighted by Gasteiger charge is 2.23. The normalized spacial score (nSPS) is 14.1. The Morgan fingerprint density at radius 3 is 2.48 bits per heavy atom. The number of rotatable bonds is 7. The van der Waals surface area contributed by atoms with Crippen molar-refractivity contribution in [2.75, 3.05) is 16.8 Å². The lowest BCUT2D eigenvalue weighted by Crippen LogP contribution is -2.34. The maximum absolute atomic E-state index is 12.5. The van der Waals surface area contributed by atoms with Crippen LogP contribution >= 0.6 is 0 Å². The van der Waals surface area contributed by atoms with E-state index < -0.39 is 0 Å². The molecule has 1 aromatic rings. The Morgan fingerprint density at radius 1 is 1.17 bits per heavy atom. The first kappa shape index (κ1) is 17.5. The van der Waals surface area contributed by atoms with Crippen molar-refractivity contribution in [1.82, 2.24) is 0 Å². The molecule has 0 bridgehead atoms. The minimum absolute atomic E-state index is 0.0924. The Morgan fingerprint density at radius 2 is 1.87 bits per heavy atom. The van der Waals surface area contributed by atoms with E-state index in [-0.39, 0.29) is 17.7 Å². The molecule has 4 heteroatoms. The highest BCUT2D eigenvalue weighted by molar-refractivity contribution is 5.97. The minimum Gasteiger partial charge on any atom is -0.326 e.